The SMILES string of the molecule is CCCOOCC1CCCN1C(=O)CCCCCN(C)C.COPN(C(C)C)C(C)C.N#CCCO. The summed E-state index contributed by atoms with van der Waals surface area (Å²) in [7, 11) is 6.41. The quantitative estimate of drug-likeness (QED) is 0.133. The smallest absolute Gasteiger partial charge is 0.222 e. The molecule has 0 aromatic heterocycles. The van der Waals surface area contributed by atoms with E-state index in [1.165, 1.54) is 0 Å². The van der Waals surface area contributed by atoms with Crippen LogP contribution in [0.25, 0.3) is 0 Å². The van der Waals surface area contributed by atoms with Gasteiger partial charge in [0.2, 0.25) is 5.91 Å². The molecule has 1 rings (SSSR count). The van der Waals surface area contributed by atoms with Crippen LogP contribution in [0.4, 0.5) is 0 Å². The fourth-order valence-electron chi connectivity index (χ4n) is 3.59. The maximum atomic E-state index is 12.3. The number of aliphatic hydroxyl groups is 1. The Kier molecular flexibility index (Phi) is 26.7. The van der Waals surface area contributed by atoms with Gasteiger partial charge >= 0.3 is 0 Å². The molecule has 1 amide bonds. The molecular weight excluding hydrogens is 479 g/mol. The number of likely N-dealkylation sites (tertiary alicyclic amines) is 1. The van der Waals surface area contributed by atoms with Crippen molar-refractivity contribution in [3.63, 3.8) is 0 Å². The number of carbonyl (C=O) groups excluding carboxylic acids is 1. The highest BCUT2D eigenvalue weighted by Crippen LogP contribution is 2.24. The largest absolute Gasteiger partial charge is 0.395 e. The number of aliphatic hydroxyl groups excluding tert-OH is 1. The van der Waals surface area contributed by atoms with Gasteiger partial charge in [0, 0.05) is 32.2 Å². The molecule has 2 unspecified atom stereocenters. The number of nitriles is 1. The van der Waals surface area contributed by atoms with E-state index in [9.17, 15) is 4.79 Å². The topological polar surface area (TPSA) is 98.5 Å². The van der Waals surface area contributed by atoms with Gasteiger partial charge < -0.3 is 19.4 Å². The number of hydrogen-bond acceptors (Lipinski definition) is 8. The number of nitrogens with zero attached hydrogens (tertiary/aromatic N) is 4. The zero-order chi connectivity index (χ0) is 27.8. The van der Waals surface area contributed by atoms with Crippen LogP contribution in [0.15, 0.2) is 0 Å². The van der Waals surface area contributed by atoms with Crippen molar-refractivity contribution in [3.05, 3.63) is 0 Å². The minimum atomic E-state index is -0.0174. The van der Waals surface area contributed by atoms with Gasteiger partial charge in [-0.25, -0.2) is 9.78 Å². The molecule has 1 aliphatic rings. The van der Waals surface area contributed by atoms with Crippen molar-refractivity contribution >= 4 is 14.9 Å². The van der Waals surface area contributed by atoms with Gasteiger partial charge in [-0.05, 0) is 80.4 Å². The molecule has 1 heterocycles. The highest BCUT2D eigenvalue weighted by Gasteiger charge is 2.28. The maximum absolute atomic E-state index is 12.3. The van der Waals surface area contributed by atoms with Crippen LogP contribution < -0.4 is 0 Å². The van der Waals surface area contributed by atoms with E-state index in [1.807, 2.05) is 11.8 Å². The molecular formula is C26H55N4O5P. The summed E-state index contributed by atoms with van der Waals surface area (Å²) in [5, 5.41) is 15.5. The lowest BCUT2D eigenvalue weighted by Gasteiger charge is -2.28. The summed E-state index contributed by atoms with van der Waals surface area (Å²) >= 11 is 0. The molecule has 0 saturated carbocycles. The van der Waals surface area contributed by atoms with Crippen LogP contribution in [0, 0.1) is 11.3 Å². The summed E-state index contributed by atoms with van der Waals surface area (Å²) in [6.07, 6.45) is 7.25. The van der Waals surface area contributed by atoms with Crippen LogP contribution >= 0.6 is 8.96 Å². The summed E-state index contributed by atoms with van der Waals surface area (Å²) in [5.41, 5.74) is 0. The highest BCUT2D eigenvalue weighted by atomic mass is 31.1. The zero-order valence-electron chi connectivity index (χ0n) is 24.3. The first kappa shape index (κ1) is 37.3. The van der Waals surface area contributed by atoms with Gasteiger partial charge in [-0.3, -0.25) is 9.46 Å². The number of carbonyl (C=O) groups is 1. The Morgan fingerprint density at radius 3 is 2.28 bits per heavy atom. The van der Waals surface area contributed by atoms with Crippen LogP contribution in [-0.4, -0.2) is 97.7 Å². The monoisotopic (exact) mass is 534 g/mol. The summed E-state index contributed by atoms with van der Waals surface area (Å²) in [5.74, 6) is 0.279. The summed E-state index contributed by atoms with van der Waals surface area (Å²) in [6, 6.07) is 3.14. The molecule has 0 aliphatic carbocycles. The van der Waals surface area contributed by atoms with Gasteiger partial charge in [-0.2, -0.15) is 5.26 Å². The summed E-state index contributed by atoms with van der Waals surface area (Å²) < 4.78 is 7.40. The first-order chi connectivity index (χ1) is 17.2. The van der Waals surface area contributed by atoms with Crippen molar-refractivity contribution in [1.82, 2.24) is 14.5 Å². The summed E-state index contributed by atoms with van der Waals surface area (Å²) in [4.78, 5) is 26.7. The van der Waals surface area contributed by atoms with E-state index in [2.05, 4.69) is 51.4 Å². The van der Waals surface area contributed by atoms with Crippen LogP contribution in [0.1, 0.15) is 86.0 Å². The Morgan fingerprint density at radius 2 is 1.83 bits per heavy atom. The van der Waals surface area contributed by atoms with Crippen LogP contribution in [0.2, 0.25) is 0 Å². The van der Waals surface area contributed by atoms with Crippen LogP contribution in [0.3, 0.4) is 0 Å². The van der Waals surface area contributed by atoms with Gasteiger partial charge in [0.05, 0.1) is 40.7 Å². The molecule has 9 nitrogen and oxygen atoms in total. The Bertz CT molecular complexity index is 539. The van der Waals surface area contributed by atoms with E-state index in [0.717, 1.165) is 51.6 Å². The number of unbranched alkanes of at least 4 members (excludes halogenated alkanes) is 2. The molecule has 36 heavy (non-hydrogen) atoms. The lowest BCUT2D eigenvalue weighted by atomic mass is 10.1. The van der Waals surface area contributed by atoms with Gasteiger partial charge in [0.1, 0.15) is 6.61 Å². The second-order valence-electron chi connectivity index (χ2n) is 9.63. The Balaban J connectivity index is 0. The van der Waals surface area contributed by atoms with Crippen molar-refractivity contribution in [3.8, 4) is 6.07 Å². The van der Waals surface area contributed by atoms with E-state index in [-0.39, 0.29) is 25.0 Å². The third-order valence-electron chi connectivity index (χ3n) is 5.36. The second kappa shape index (κ2) is 25.8. The standard InChI is InChI=1S/C16H32N2O3.C7H18NOP.C3H5NO/c1-4-13-20-21-14-15-9-8-12-18(15)16(19)10-6-5-7-11-17(2)3;1-6(2)8(7(3)4)10-9-5;4-2-1-3-5/h15H,4-14H2,1-3H3;6-7,10H,1-5H3;5H,1,3H2. The number of amides is 1. The number of hydrogen-bond donors (Lipinski definition) is 1. The maximum Gasteiger partial charge on any atom is 0.222 e. The third kappa shape index (κ3) is 21.3. The Morgan fingerprint density at radius 1 is 1.17 bits per heavy atom. The molecule has 1 fully saturated rings. The first-order valence-corrected chi connectivity index (χ1v) is 14.2. The second-order valence-corrected chi connectivity index (χ2v) is 10.7. The Labute approximate surface area is 223 Å². The van der Waals surface area contributed by atoms with Gasteiger partial charge in [0.15, 0.2) is 0 Å². The molecule has 0 radical (unpaired) electrons. The molecule has 2 atom stereocenters. The predicted octanol–water partition coefficient (Wildman–Crippen LogP) is 4.61. The lowest BCUT2D eigenvalue weighted by Crippen LogP contribution is -2.38. The van der Waals surface area contributed by atoms with E-state index < -0.39 is 0 Å². The minimum absolute atomic E-state index is 0.0174. The van der Waals surface area contributed by atoms with Crippen molar-refractivity contribution in [2.24, 2.45) is 0 Å². The third-order valence-corrected chi connectivity index (χ3v) is 6.78. The first-order valence-electron chi connectivity index (χ1n) is 13.4. The molecule has 0 aromatic carbocycles. The zero-order valence-corrected chi connectivity index (χ0v) is 25.3. The van der Waals surface area contributed by atoms with Gasteiger partial charge in [-0.1, -0.05) is 13.3 Å². The van der Waals surface area contributed by atoms with Crippen molar-refractivity contribution in [2.45, 2.75) is 104 Å². The van der Waals surface area contributed by atoms with Gasteiger partial charge in [0.25, 0.3) is 0 Å². The molecule has 10 heteroatoms. The molecule has 0 spiro atoms. The van der Waals surface area contributed by atoms with Gasteiger partial charge in [-0.15, -0.1) is 0 Å². The van der Waals surface area contributed by atoms with Crippen LogP contribution in [0.5, 0.6) is 0 Å². The fraction of sp³-hybridized carbons (Fsp3) is 0.923. The molecule has 214 valence electrons. The minimum Gasteiger partial charge on any atom is -0.395 e. The average molecular weight is 535 g/mol. The van der Waals surface area contributed by atoms with Crippen molar-refractivity contribution < 1.29 is 24.2 Å². The fourth-order valence-corrected chi connectivity index (χ4v) is 4.23. The van der Waals surface area contributed by atoms with Crippen molar-refractivity contribution in [2.75, 3.05) is 54.1 Å². The van der Waals surface area contributed by atoms with E-state index in [1.54, 1.807) is 13.2 Å². The normalized spacial score (nSPS) is 15.4. The van der Waals surface area contributed by atoms with Crippen molar-refractivity contribution in [1.29, 1.82) is 5.26 Å². The van der Waals surface area contributed by atoms with E-state index in [0.29, 0.717) is 40.7 Å². The molecule has 0 bridgehead atoms. The molecule has 0 aromatic rings. The number of rotatable bonds is 16. The Hall–Kier alpha value is -0.850. The molecule has 1 aliphatic heterocycles. The van der Waals surface area contributed by atoms with E-state index in [4.69, 9.17) is 24.7 Å². The predicted molar refractivity (Wildman–Crippen MR) is 149 cm³/mol. The van der Waals surface area contributed by atoms with E-state index >= 15 is 0 Å². The van der Waals surface area contributed by atoms with Crippen LogP contribution in [-0.2, 0) is 19.1 Å². The molecule has 1 N–H and O–H groups in total. The molecule has 1 saturated heterocycles. The summed E-state index contributed by atoms with van der Waals surface area (Å²) in [6.45, 7) is 13.9. The lowest BCUT2D eigenvalue weighted by molar-refractivity contribution is -0.299. The average Bonchev–Trinajstić information content (AvgIpc) is 3.29. The highest BCUT2D eigenvalue weighted by molar-refractivity contribution is 7.29.